The van der Waals surface area contributed by atoms with Crippen LogP contribution in [-0.4, -0.2) is 54.0 Å². The van der Waals surface area contributed by atoms with Crippen LogP contribution in [0.15, 0.2) is 0 Å². The van der Waals surface area contributed by atoms with Crippen LogP contribution < -0.4 is 5.73 Å². The van der Waals surface area contributed by atoms with E-state index in [-0.39, 0.29) is 5.41 Å². The SMILES string of the molecule is CC1CN2CCCC2CN1C(=O)C1(CN)CCC1. The summed E-state index contributed by atoms with van der Waals surface area (Å²) in [5.41, 5.74) is 5.67. The predicted octanol–water partition coefficient (Wildman–Crippen LogP) is 0.811. The van der Waals surface area contributed by atoms with E-state index in [0.29, 0.717) is 24.5 Å². The second-order valence-electron chi connectivity index (χ2n) is 6.44. The van der Waals surface area contributed by atoms with Crippen molar-refractivity contribution in [3.8, 4) is 0 Å². The van der Waals surface area contributed by atoms with Gasteiger partial charge in [-0.3, -0.25) is 9.69 Å². The van der Waals surface area contributed by atoms with Crippen LogP contribution in [0.5, 0.6) is 0 Å². The molecule has 0 bridgehead atoms. The van der Waals surface area contributed by atoms with Crippen molar-refractivity contribution in [2.24, 2.45) is 11.1 Å². The standard InChI is InChI=1S/C14H25N3O/c1-11-8-16-7-2-4-12(16)9-17(11)13(18)14(10-15)5-3-6-14/h11-12H,2-10,15H2,1H3. The van der Waals surface area contributed by atoms with Gasteiger partial charge in [-0.25, -0.2) is 0 Å². The average molecular weight is 251 g/mol. The largest absolute Gasteiger partial charge is 0.337 e. The van der Waals surface area contributed by atoms with Crippen molar-refractivity contribution in [1.29, 1.82) is 0 Å². The van der Waals surface area contributed by atoms with E-state index in [9.17, 15) is 4.79 Å². The number of carbonyl (C=O) groups is 1. The molecule has 0 aromatic rings. The van der Waals surface area contributed by atoms with Crippen LogP contribution in [0.1, 0.15) is 39.0 Å². The lowest BCUT2D eigenvalue weighted by atomic mass is 9.67. The molecule has 2 saturated heterocycles. The number of nitrogens with two attached hydrogens (primary N) is 1. The Bertz CT molecular complexity index is 334. The van der Waals surface area contributed by atoms with Crippen molar-refractivity contribution < 1.29 is 4.79 Å². The van der Waals surface area contributed by atoms with Gasteiger partial charge in [0.2, 0.25) is 5.91 Å². The molecule has 2 heterocycles. The average Bonchev–Trinajstić information content (AvgIpc) is 2.74. The fraction of sp³-hybridized carbons (Fsp3) is 0.929. The second kappa shape index (κ2) is 4.49. The molecule has 2 atom stereocenters. The normalized spacial score (nSPS) is 35.1. The van der Waals surface area contributed by atoms with Gasteiger partial charge in [0.05, 0.1) is 5.41 Å². The van der Waals surface area contributed by atoms with Gasteiger partial charge in [-0.1, -0.05) is 6.42 Å². The van der Waals surface area contributed by atoms with E-state index in [1.165, 1.54) is 25.8 Å². The number of hydrogen-bond acceptors (Lipinski definition) is 3. The Kier molecular flexibility index (Phi) is 3.10. The van der Waals surface area contributed by atoms with Crippen molar-refractivity contribution in [3.63, 3.8) is 0 Å². The zero-order chi connectivity index (χ0) is 12.8. The Balaban J connectivity index is 1.73. The first-order valence-corrected chi connectivity index (χ1v) is 7.41. The molecule has 4 heteroatoms. The van der Waals surface area contributed by atoms with Gasteiger partial charge >= 0.3 is 0 Å². The van der Waals surface area contributed by atoms with E-state index in [4.69, 9.17) is 5.73 Å². The smallest absolute Gasteiger partial charge is 0.230 e. The van der Waals surface area contributed by atoms with Crippen LogP contribution in [0.4, 0.5) is 0 Å². The summed E-state index contributed by atoms with van der Waals surface area (Å²) in [6.07, 6.45) is 5.72. The first kappa shape index (κ1) is 12.4. The Labute approximate surface area is 109 Å². The van der Waals surface area contributed by atoms with Crippen LogP contribution in [0, 0.1) is 5.41 Å². The monoisotopic (exact) mass is 251 g/mol. The maximum Gasteiger partial charge on any atom is 0.230 e. The van der Waals surface area contributed by atoms with Gasteiger partial charge in [0.1, 0.15) is 0 Å². The van der Waals surface area contributed by atoms with Gasteiger partial charge in [-0.15, -0.1) is 0 Å². The summed E-state index contributed by atoms with van der Waals surface area (Å²) >= 11 is 0. The minimum absolute atomic E-state index is 0.199. The molecule has 1 saturated carbocycles. The Hall–Kier alpha value is -0.610. The number of piperazine rings is 1. The molecule has 1 aliphatic carbocycles. The molecule has 2 aliphatic heterocycles. The minimum Gasteiger partial charge on any atom is -0.337 e. The molecule has 4 nitrogen and oxygen atoms in total. The van der Waals surface area contributed by atoms with Crippen LogP contribution in [-0.2, 0) is 4.79 Å². The van der Waals surface area contributed by atoms with Crippen molar-refractivity contribution in [2.75, 3.05) is 26.2 Å². The molecular weight excluding hydrogens is 226 g/mol. The summed E-state index contributed by atoms with van der Waals surface area (Å²) in [5, 5.41) is 0. The van der Waals surface area contributed by atoms with Gasteiger partial charge in [0.15, 0.2) is 0 Å². The molecule has 18 heavy (non-hydrogen) atoms. The Morgan fingerprint density at radius 3 is 2.72 bits per heavy atom. The van der Waals surface area contributed by atoms with Crippen molar-refractivity contribution >= 4 is 5.91 Å². The fourth-order valence-electron chi connectivity index (χ4n) is 3.88. The summed E-state index contributed by atoms with van der Waals surface area (Å²) in [5.74, 6) is 0.343. The zero-order valence-corrected chi connectivity index (χ0v) is 11.4. The molecule has 2 unspecified atom stereocenters. The molecule has 0 spiro atoms. The van der Waals surface area contributed by atoms with Crippen molar-refractivity contribution in [3.05, 3.63) is 0 Å². The highest BCUT2D eigenvalue weighted by atomic mass is 16.2. The molecule has 3 rings (SSSR count). The van der Waals surface area contributed by atoms with Crippen LogP contribution in [0.25, 0.3) is 0 Å². The molecule has 3 fully saturated rings. The highest BCUT2D eigenvalue weighted by molar-refractivity contribution is 5.84. The van der Waals surface area contributed by atoms with Crippen molar-refractivity contribution in [1.82, 2.24) is 9.80 Å². The van der Waals surface area contributed by atoms with E-state index in [1.54, 1.807) is 0 Å². The van der Waals surface area contributed by atoms with Gasteiger partial charge in [-0.05, 0) is 39.2 Å². The summed E-state index contributed by atoms with van der Waals surface area (Å²) in [6, 6.07) is 0.968. The summed E-state index contributed by atoms with van der Waals surface area (Å²) in [4.78, 5) is 17.5. The summed E-state index contributed by atoms with van der Waals surface area (Å²) < 4.78 is 0. The summed E-state index contributed by atoms with van der Waals surface area (Å²) in [7, 11) is 0. The van der Waals surface area contributed by atoms with Gasteiger partial charge < -0.3 is 10.6 Å². The lowest BCUT2D eigenvalue weighted by molar-refractivity contribution is -0.152. The molecule has 1 amide bonds. The van der Waals surface area contributed by atoms with Gasteiger partial charge in [0, 0.05) is 31.7 Å². The van der Waals surface area contributed by atoms with Crippen LogP contribution >= 0.6 is 0 Å². The lowest BCUT2D eigenvalue weighted by Crippen LogP contribution is -2.62. The van der Waals surface area contributed by atoms with E-state index in [2.05, 4.69) is 16.7 Å². The van der Waals surface area contributed by atoms with Gasteiger partial charge in [0.25, 0.3) is 0 Å². The maximum absolute atomic E-state index is 12.8. The van der Waals surface area contributed by atoms with E-state index < -0.39 is 0 Å². The molecule has 0 aromatic carbocycles. The van der Waals surface area contributed by atoms with Gasteiger partial charge in [-0.2, -0.15) is 0 Å². The number of fused-ring (bicyclic) bond motifs is 1. The molecule has 102 valence electrons. The predicted molar refractivity (Wildman–Crippen MR) is 71.1 cm³/mol. The topological polar surface area (TPSA) is 49.6 Å². The first-order chi connectivity index (χ1) is 8.66. The number of rotatable bonds is 2. The fourth-order valence-corrected chi connectivity index (χ4v) is 3.88. The molecule has 0 aromatic heterocycles. The molecule has 3 aliphatic rings. The van der Waals surface area contributed by atoms with E-state index in [0.717, 1.165) is 25.9 Å². The third kappa shape index (κ3) is 1.77. The maximum atomic E-state index is 12.8. The van der Waals surface area contributed by atoms with Crippen LogP contribution in [0.3, 0.4) is 0 Å². The lowest BCUT2D eigenvalue weighted by Gasteiger charge is -2.49. The summed E-state index contributed by atoms with van der Waals surface area (Å²) in [6.45, 7) is 5.93. The number of carbonyl (C=O) groups excluding carboxylic acids is 1. The third-order valence-electron chi connectivity index (χ3n) is 5.35. The number of amides is 1. The minimum atomic E-state index is -0.199. The Morgan fingerprint density at radius 1 is 1.33 bits per heavy atom. The second-order valence-corrected chi connectivity index (χ2v) is 6.44. The van der Waals surface area contributed by atoms with E-state index in [1.807, 2.05) is 0 Å². The third-order valence-corrected chi connectivity index (χ3v) is 5.35. The quantitative estimate of drug-likeness (QED) is 0.790. The first-order valence-electron chi connectivity index (χ1n) is 7.41. The zero-order valence-electron chi connectivity index (χ0n) is 11.4. The molecule has 2 N–H and O–H groups in total. The number of hydrogen-bond donors (Lipinski definition) is 1. The van der Waals surface area contributed by atoms with Crippen molar-refractivity contribution in [2.45, 2.75) is 51.1 Å². The highest BCUT2D eigenvalue weighted by Gasteiger charge is 2.48. The Morgan fingerprint density at radius 2 is 2.11 bits per heavy atom. The highest BCUT2D eigenvalue weighted by Crippen LogP contribution is 2.42. The van der Waals surface area contributed by atoms with E-state index >= 15 is 0 Å². The molecule has 0 radical (unpaired) electrons. The number of nitrogens with zero attached hydrogens (tertiary/aromatic N) is 2. The molecular formula is C14H25N3O. The van der Waals surface area contributed by atoms with Crippen LogP contribution in [0.2, 0.25) is 0 Å².